The summed E-state index contributed by atoms with van der Waals surface area (Å²) in [6, 6.07) is 0. The van der Waals surface area contributed by atoms with Gasteiger partial charge in [0.2, 0.25) is 0 Å². The molecular formula is C6H7N3. The predicted molar refractivity (Wildman–Crippen MR) is 34.2 cm³/mol. The largest absolute Gasteiger partial charge is 0.365 e. The van der Waals surface area contributed by atoms with Crippen LogP contribution in [0.15, 0.2) is 18.7 Å². The Kier molecular flexibility index (Phi) is 0.886. The third-order valence-electron chi connectivity index (χ3n) is 1.36. The van der Waals surface area contributed by atoms with E-state index in [9.17, 15) is 0 Å². The van der Waals surface area contributed by atoms with Crippen LogP contribution in [0.4, 0.5) is 5.69 Å². The van der Waals surface area contributed by atoms with Gasteiger partial charge in [-0.2, -0.15) is 0 Å². The lowest BCUT2D eigenvalue weighted by atomic mass is 10.5. The number of rotatable bonds is 1. The highest BCUT2D eigenvalue weighted by atomic mass is 15.3. The second-order valence-electron chi connectivity index (χ2n) is 2.08. The van der Waals surface area contributed by atoms with E-state index in [1.807, 2.05) is 12.4 Å². The number of anilines is 1. The fourth-order valence-electron chi connectivity index (χ4n) is 0.763. The van der Waals surface area contributed by atoms with Crippen molar-refractivity contribution >= 4 is 5.69 Å². The van der Waals surface area contributed by atoms with Crippen molar-refractivity contribution in [2.24, 2.45) is 0 Å². The SMILES string of the molecule is c1ncc(N2CC2)cn1. The Balaban J connectivity index is 2.29. The summed E-state index contributed by atoms with van der Waals surface area (Å²) in [4.78, 5) is 9.99. The molecule has 0 amide bonds. The van der Waals surface area contributed by atoms with Crippen LogP contribution in [0, 0.1) is 0 Å². The normalized spacial score (nSPS) is 15.8. The highest BCUT2D eigenvalue weighted by molar-refractivity contribution is 5.47. The molecule has 0 spiro atoms. The summed E-state index contributed by atoms with van der Waals surface area (Å²) >= 11 is 0. The van der Waals surface area contributed by atoms with Gasteiger partial charge in [0.25, 0.3) is 0 Å². The van der Waals surface area contributed by atoms with Gasteiger partial charge in [0, 0.05) is 13.1 Å². The van der Waals surface area contributed by atoms with E-state index < -0.39 is 0 Å². The van der Waals surface area contributed by atoms with Crippen LogP contribution in [0.1, 0.15) is 0 Å². The molecule has 0 N–H and O–H groups in total. The van der Waals surface area contributed by atoms with E-state index in [-0.39, 0.29) is 0 Å². The van der Waals surface area contributed by atoms with E-state index in [0.29, 0.717) is 0 Å². The molecular weight excluding hydrogens is 114 g/mol. The first kappa shape index (κ1) is 4.73. The summed E-state index contributed by atoms with van der Waals surface area (Å²) in [6.07, 6.45) is 5.22. The molecule has 1 aromatic heterocycles. The topological polar surface area (TPSA) is 28.8 Å². The first-order valence-corrected chi connectivity index (χ1v) is 2.97. The molecule has 9 heavy (non-hydrogen) atoms. The lowest BCUT2D eigenvalue weighted by Crippen LogP contribution is -1.91. The molecule has 2 heterocycles. The van der Waals surface area contributed by atoms with Gasteiger partial charge in [-0.15, -0.1) is 0 Å². The van der Waals surface area contributed by atoms with Crippen LogP contribution in [-0.2, 0) is 0 Å². The standard InChI is InChI=1S/C6H7N3/c1-2-9(1)6-3-7-5-8-4-6/h3-5H,1-2H2. The van der Waals surface area contributed by atoms with E-state index in [4.69, 9.17) is 0 Å². The molecule has 0 saturated carbocycles. The highest BCUT2D eigenvalue weighted by Crippen LogP contribution is 2.16. The van der Waals surface area contributed by atoms with Crippen LogP contribution >= 0.6 is 0 Å². The van der Waals surface area contributed by atoms with Crippen LogP contribution in [-0.4, -0.2) is 23.1 Å². The van der Waals surface area contributed by atoms with Crippen LogP contribution < -0.4 is 4.90 Å². The Bertz CT molecular complexity index is 193. The number of nitrogens with zero attached hydrogens (tertiary/aromatic N) is 3. The summed E-state index contributed by atoms with van der Waals surface area (Å²) in [5.41, 5.74) is 1.14. The summed E-state index contributed by atoms with van der Waals surface area (Å²) in [6.45, 7) is 2.32. The lowest BCUT2D eigenvalue weighted by molar-refractivity contribution is 1.15. The molecule has 0 radical (unpaired) electrons. The third kappa shape index (κ3) is 0.850. The minimum Gasteiger partial charge on any atom is -0.365 e. The van der Waals surface area contributed by atoms with Gasteiger partial charge in [0.1, 0.15) is 6.33 Å². The Morgan fingerprint density at radius 1 is 1.22 bits per heavy atom. The zero-order valence-electron chi connectivity index (χ0n) is 4.99. The number of hydrogen-bond acceptors (Lipinski definition) is 3. The summed E-state index contributed by atoms with van der Waals surface area (Å²) in [5.74, 6) is 0. The average molecular weight is 121 g/mol. The molecule has 0 bridgehead atoms. The van der Waals surface area contributed by atoms with Crippen LogP contribution in [0.2, 0.25) is 0 Å². The van der Waals surface area contributed by atoms with E-state index in [0.717, 1.165) is 18.8 Å². The Morgan fingerprint density at radius 2 is 1.89 bits per heavy atom. The van der Waals surface area contributed by atoms with Crippen molar-refractivity contribution in [3.8, 4) is 0 Å². The second kappa shape index (κ2) is 1.69. The molecule has 1 saturated heterocycles. The van der Waals surface area contributed by atoms with E-state index in [1.165, 1.54) is 0 Å². The number of aromatic nitrogens is 2. The van der Waals surface area contributed by atoms with E-state index >= 15 is 0 Å². The van der Waals surface area contributed by atoms with Gasteiger partial charge in [-0.1, -0.05) is 0 Å². The molecule has 2 rings (SSSR count). The van der Waals surface area contributed by atoms with Gasteiger partial charge in [0.05, 0.1) is 18.1 Å². The van der Waals surface area contributed by atoms with E-state index in [2.05, 4.69) is 14.9 Å². The Morgan fingerprint density at radius 3 is 2.44 bits per heavy atom. The molecule has 46 valence electrons. The van der Waals surface area contributed by atoms with Crippen molar-refractivity contribution < 1.29 is 0 Å². The second-order valence-corrected chi connectivity index (χ2v) is 2.08. The van der Waals surface area contributed by atoms with Crippen molar-refractivity contribution in [3.63, 3.8) is 0 Å². The maximum Gasteiger partial charge on any atom is 0.115 e. The van der Waals surface area contributed by atoms with Gasteiger partial charge in [0.15, 0.2) is 0 Å². The fourth-order valence-corrected chi connectivity index (χ4v) is 0.763. The summed E-state index contributed by atoms with van der Waals surface area (Å²) in [5, 5.41) is 0. The monoisotopic (exact) mass is 121 g/mol. The number of hydrogen-bond donors (Lipinski definition) is 0. The third-order valence-corrected chi connectivity index (χ3v) is 1.36. The maximum atomic E-state index is 3.89. The molecule has 0 aromatic carbocycles. The van der Waals surface area contributed by atoms with Crippen LogP contribution in [0.5, 0.6) is 0 Å². The molecule has 1 aliphatic rings. The maximum absolute atomic E-state index is 3.89. The molecule has 0 unspecified atom stereocenters. The van der Waals surface area contributed by atoms with Crippen molar-refractivity contribution in [2.45, 2.75) is 0 Å². The molecule has 0 aliphatic carbocycles. The quantitative estimate of drug-likeness (QED) is 0.500. The van der Waals surface area contributed by atoms with Crippen molar-refractivity contribution in [3.05, 3.63) is 18.7 Å². The molecule has 3 heteroatoms. The van der Waals surface area contributed by atoms with E-state index in [1.54, 1.807) is 6.33 Å². The first-order chi connectivity index (χ1) is 4.47. The Labute approximate surface area is 53.4 Å². The van der Waals surface area contributed by atoms with Crippen molar-refractivity contribution in [1.82, 2.24) is 9.97 Å². The molecule has 3 nitrogen and oxygen atoms in total. The summed E-state index contributed by atoms with van der Waals surface area (Å²) in [7, 11) is 0. The molecule has 1 fully saturated rings. The van der Waals surface area contributed by atoms with Gasteiger partial charge >= 0.3 is 0 Å². The van der Waals surface area contributed by atoms with Gasteiger partial charge in [-0.3, -0.25) is 0 Å². The van der Waals surface area contributed by atoms with Gasteiger partial charge < -0.3 is 4.90 Å². The zero-order chi connectivity index (χ0) is 6.10. The zero-order valence-corrected chi connectivity index (χ0v) is 4.99. The minimum absolute atomic E-state index is 1.14. The minimum atomic E-state index is 1.14. The Hall–Kier alpha value is -1.12. The molecule has 1 aromatic rings. The van der Waals surface area contributed by atoms with Gasteiger partial charge in [-0.25, -0.2) is 9.97 Å². The van der Waals surface area contributed by atoms with Crippen LogP contribution in [0.25, 0.3) is 0 Å². The smallest absolute Gasteiger partial charge is 0.115 e. The molecule has 0 atom stereocenters. The fraction of sp³-hybridized carbons (Fsp3) is 0.333. The average Bonchev–Trinajstić information content (AvgIpc) is 2.71. The van der Waals surface area contributed by atoms with Crippen LogP contribution in [0.3, 0.4) is 0 Å². The highest BCUT2D eigenvalue weighted by Gasteiger charge is 2.17. The van der Waals surface area contributed by atoms with Crippen molar-refractivity contribution in [1.29, 1.82) is 0 Å². The van der Waals surface area contributed by atoms with Gasteiger partial charge in [-0.05, 0) is 0 Å². The first-order valence-electron chi connectivity index (χ1n) is 2.97. The summed E-state index contributed by atoms with van der Waals surface area (Å²) < 4.78 is 0. The molecule has 1 aliphatic heterocycles. The lowest BCUT2D eigenvalue weighted by Gasteiger charge is -1.96. The predicted octanol–water partition coefficient (Wildman–Crippen LogP) is 0.297. The van der Waals surface area contributed by atoms with Crippen molar-refractivity contribution in [2.75, 3.05) is 18.0 Å².